The second kappa shape index (κ2) is 6.16. The molecule has 1 saturated heterocycles. The van der Waals surface area contributed by atoms with Gasteiger partial charge in [-0.1, -0.05) is 0 Å². The topological polar surface area (TPSA) is 62.2 Å². The summed E-state index contributed by atoms with van der Waals surface area (Å²) in [5, 5.41) is 10.6. The van der Waals surface area contributed by atoms with Gasteiger partial charge in [-0.05, 0) is 33.4 Å². The van der Waals surface area contributed by atoms with Crippen molar-refractivity contribution in [1.29, 1.82) is 0 Å². The summed E-state index contributed by atoms with van der Waals surface area (Å²) in [5.41, 5.74) is 2.70. The van der Waals surface area contributed by atoms with Crippen LogP contribution in [0.15, 0.2) is 0 Å². The number of aromatic nitrogens is 2. The first-order valence-corrected chi connectivity index (χ1v) is 6.81. The fraction of sp³-hybridized carbons (Fsp3) is 0.692. The molecule has 1 aromatic heterocycles. The van der Waals surface area contributed by atoms with Gasteiger partial charge < -0.3 is 10.6 Å². The number of hydrogen-bond donors (Lipinski definition) is 2. The van der Waals surface area contributed by atoms with E-state index in [0.717, 1.165) is 49.7 Å². The van der Waals surface area contributed by atoms with Crippen molar-refractivity contribution in [3.05, 3.63) is 11.4 Å². The van der Waals surface area contributed by atoms with Gasteiger partial charge >= 0.3 is 0 Å². The average molecular weight is 265 g/mol. The maximum Gasteiger partial charge on any atom is 0.238 e. The van der Waals surface area contributed by atoms with Crippen molar-refractivity contribution in [3.8, 4) is 0 Å². The second-order valence-corrected chi connectivity index (χ2v) is 5.10. The van der Waals surface area contributed by atoms with Gasteiger partial charge in [0.05, 0.1) is 23.6 Å². The van der Waals surface area contributed by atoms with E-state index in [-0.39, 0.29) is 5.91 Å². The Morgan fingerprint density at radius 3 is 2.84 bits per heavy atom. The SMILES string of the molecule is Cc1nn(C)c(C)c1NC(=O)CN1CCCNCC1. The zero-order chi connectivity index (χ0) is 13.8. The molecule has 0 bridgehead atoms. The number of anilines is 1. The molecule has 0 radical (unpaired) electrons. The molecule has 1 aromatic rings. The number of aryl methyl sites for hydroxylation is 2. The van der Waals surface area contributed by atoms with E-state index in [1.807, 2.05) is 20.9 Å². The van der Waals surface area contributed by atoms with Crippen molar-refractivity contribution in [3.63, 3.8) is 0 Å². The lowest BCUT2D eigenvalue weighted by atomic mass is 10.3. The Hall–Kier alpha value is -1.40. The summed E-state index contributed by atoms with van der Waals surface area (Å²) in [5.74, 6) is 0.0427. The third-order valence-electron chi connectivity index (χ3n) is 3.57. The van der Waals surface area contributed by atoms with Crippen LogP contribution >= 0.6 is 0 Å². The number of carbonyl (C=O) groups is 1. The lowest BCUT2D eigenvalue weighted by Gasteiger charge is -2.18. The Morgan fingerprint density at radius 2 is 2.16 bits per heavy atom. The molecule has 0 aromatic carbocycles. The lowest BCUT2D eigenvalue weighted by molar-refractivity contribution is -0.117. The van der Waals surface area contributed by atoms with E-state index in [2.05, 4.69) is 20.6 Å². The fourth-order valence-electron chi connectivity index (χ4n) is 2.40. The van der Waals surface area contributed by atoms with Gasteiger partial charge in [0.15, 0.2) is 0 Å². The Labute approximate surface area is 114 Å². The largest absolute Gasteiger partial charge is 0.322 e. The van der Waals surface area contributed by atoms with Crippen molar-refractivity contribution < 1.29 is 4.79 Å². The molecule has 0 spiro atoms. The summed E-state index contributed by atoms with van der Waals surface area (Å²) < 4.78 is 1.79. The van der Waals surface area contributed by atoms with Gasteiger partial charge in [-0.3, -0.25) is 14.4 Å². The van der Waals surface area contributed by atoms with E-state index >= 15 is 0 Å². The molecular formula is C13H23N5O. The van der Waals surface area contributed by atoms with E-state index in [4.69, 9.17) is 0 Å². The number of rotatable bonds is 3. The zero-order valence-electron chi connectivity index (χ0n) is 12.0. The third-order valence-corrected chi connectivity index (χ3v) is 3.57. The first kappa shape index (κ1) is 14.0. The van der Waals surface area contributed by atoms with Crippen LogP contribution in [-0.4, -0.2) is 53.3 Å². The van der Waals surface area contributed by atoms with E-state index in [9.17, 15) is 4.79 Å². The smallest absolute Gasteiger partial charge is 0.238 e. The van der Waals surface area contributed by atoms with Gasteiger partial charge in [0, 0.05) is 20.1 Å². The Bertz CT molecular complexity index is 446. The average Bonchev–Trinajstić information content (AvgIpc) is 2.60. The molecule has 0 saturated carbocycles. The molecule has 0 aliphatic carbocycles. The van der Waals surface area contributed by atoms with Gasteiger partial charge in [0.2, 0.25) is 5.91 Å². The molecule has 6 heteroatoms. The summed E-state index contributed by atoms with van der Waals surface area (Å²) in [4.78, 5) is 14.3. The first-order chi connectivity index (χ1) is 9.08. The zero-order valence-corrected chi connectivity index (χ0v) is 12.0. The Balaban J connectivity index is 1.93. The minimum Gasteiger partial charge on any atom is -0.322 e. The van der Waals surface area contributed by atoms with E-state index in [1.54, 1.807) is 4.68 Å². The highest BCUT2D eigenvalue weighted by atomic mass is 16.2. The van der Waals surface area contributed by atoms with Gasteiger partial charge in [-0.2, -0.15) is 5.10 Å². The van der Waals surface area contributed by atoms with Crippen molar-refractivity contribution in [2.75, 3.05) is 38.0 Å². The molecule has 1 amide bonds. The minimum atomic E-state index is 0.0427. The quantitative estimate of drug-likeness (QED) is 0.823. The highest BCUT2D eigenvalue weighted by molar-refractivity contribution is 5.93. The first-order valence-electron chi connectivity index (χ1n) is 6.81. The van der Waals surface area contributed by atoms with Crippen LogP contribution in [0.2, 0.25) is 0 Å². The number of nitrogens with zero attached hydrogens (tertiary/aromatic N) is 3. The molecule has 1 aliphatic heterocycles. The van der Waals surface area contributed by atoms with Crippen LogP contribution in [0.1, 0.15) is 17.8 Å². The molecular weight excluding hydrogens is 242 g/mol. The van der Waals surface area contributed by atoms with Crippen LogP contribution in [0.3, 0.4) is 0 Å². The van der Waals surface area contributed by atoms with E-state index in [1.165, 1.54) is 0 Å². The van der Waals surface area contributed by atoms with E-state index in [0.29, 0.717) is 6.54 Å². The predicted molar refractivity (Wildman–Crippen MR) is 75.2 cm³/mol. The molecule has 1 fully saturated rings. The number of carbonyl (C=O) groups excluding carboxylic acids is 1. The molecule has 0 atom stereocenters. The van der Waals surface area contributed by atoms with Crippen molar-refractivity contribution >= 4 is 11.6 Å². The summed E-state index contributed by atoms with van der Waals surface area (Å²) in [6, 6.07) is 0. The molecule has 0 unspecified atom stereocenters. The van der Waals surface area contributed by atoms with Crippen molar-refractivity contribution in [2.45, 2.75) is 20.3 Å². The van der Waals surface area contributed by atoms with Gasteiger partial charge in [0.1, 0.15) is 0 Å². The molecule has 2 N–H and O–H groups in total. The molecule has 19 heavy (non-hydrogen) atoms. The number of amides is 1. The molecule has 106 valence electrons. The summed E-state index contributed by atoms with van der Waals surface area (Å²) in [7, 11) is 1.89. The fourth-order valence-corrected chi connectivity index (χ4v) is 2.40. The van der Waals surface area contributed by atoms with Gasteiger partial charge in [-0.15, -0.1) is 0 Å². The van der Waals surface area contributed by atoms with Crippen molar-refractivity contribution in [2.24, 2.45) is 7.05 Å². The summed E-state index contributed by atoms with van der Waals surface area (Å²) in [6.45, 7) is 8.24. The monoisotopic (exact) mass is 265 g/mol. The maximum atomic E-state index is 12.1. The van der Waals surface area contributed by atoms with Crippen LogP contribution in [0.5, 0.6) is 0 Å². The maximum absolute atomic E-state index is 12.1. The highest BCUT2D eigenvalue weighted by Gasteiger charge is 2.16. The lowest BCUT2D eigenvalue weighted by Crippen LogP contribution is -2.35. The summed E-state index contributed by atoms with van der Waals surface area (Å²) >= 11 is 0. The van der Waals surface area contributed by atoms with Crippen LogP contribution in [-0.2, 0) is 11.8 Å². The Kier molecular flexibility index (Phi) is 4.55. The molecule has 6 nitrogen and oxygen atoms in total. The highest BCUT2D eigenvalue weighted by Crippen LogP contribution is 2.18. The summed E-state index contributed by atoms with van der Waals surface area (Å²) in [6.07, 6.45) is 1.10. The predicted octanol–water partition coefficient (Wildman–Crippen LogP) is 0.271. The second-order valence-electron chi connectivity index (χ2n) is 5.10. The van der Waals surface area contributed by atoms with Crippen LogP contribution in [0.4, 0.5) is 5.69 Å². The normalized spacial score (nSPS) is 17.2. The molecule has 1 aliphatic rings. The third kappa shape index (κ3) is 3.54. The van der Waals surface area contributed by atoms with Crippen LogP contribution < -0.4 is 10.6 Å². The van der Waals surface area contributed by atoms with E-state index < -0.39 is 0 Å². The number of hydrogen-bond acceptors (Lipinski definition) is 4. The van der Waals surface area contributed by atoms with Crippen LogP contribution in [0, 0.1) is 13.8 Å². The van der Waals surface area contributed by atoms with Crippen LogP contribution in [0.25, 0.3) is 0 Å². The standard InChI is InChI=1S/C13H23N5O/c1-10-13(11(2)17(3)16-10)15-12(19)9-18-7-4-5-14-6-8-18/h14H,4-9H2,1-3H3,(H,15,19). The minimum absolute atomic E-state index is 0.0427. The number of nitrogens with one attached hydrogen (secondary N) is 2. The Morgan fingerprint density at radius 1 is 1.37 bits per heavy atom. The van der Waals surface area contributed by atoms with Gasteiger partial charge in [0.25, 0.3) is 0 Å². The van der Waals surface area contributed by atoms with Gasteiger partial charge in [-0.25, -0.2) is 0 Å². The molecule has 2 heterocycles. The van der Waals surface area contributed by atoms with Crippen molar-refractivity contribution in [1.82, 2.24) is 20.0 Å². The molecule has 2 rings (SSSR count).